The number of carboxylic acids is 2. The molecule has 2 fully saturated rings. The zero-order valence-electron chi connectivity index (χ0n) is 14.3. The highest BCUT2D eigenvalue weighted by atomic mass is 16.4. The van der Waals surface area contributed by atoms with Crippen LogP contribution in [0.25, 0.3) is 0 Å². The van der Waals surface area contributed by atoms with Crippen LogP contribution in [0.5, 0.6) is 0 Å². The summed E-state index contributed by atoms with van der Waals surface area (Å²) < 4.78 is 0. The van der Waals surface area contributed by atoms with E-state index in [0.29, 0.717) is 22.9 Å². The monoisotopic (exact) mass is 370 g/mol. The van der Waals surface area contributed by atoms with Crippen LogP contribution in [0.3, 0.4) is 0 Å². The number of carbonyl (C=O) groups is 6. The van der Waals surface area contributed by atoms with Gasteiger partial charge in [0, 0.05) is 38.5 Å². The first-order valence-corrected chi connectivity index (χ1v) is 8.39. The molecule has 0 aliphatic carbocycles. The van der Waals surface area contributed by atoms with Crippen molar-refractivity contribution in [2.75, 3.05) is 0 Å². The molecule has 10 nitrogen and oxygen atoms in total. The summed E-state index contributed by atoms with van der Waals surface area (Å²) in [6, 6.07) is 0. The summed E-state index contributed by atoms with van der Waals surface area (Å²) in [4.78, 5) is 65.0. The van der Waals surface area contributed by atoms with Crippen LogP contribution in [0.15, 0.2) is 0 Å². The van der Waals surface area contributed by atoms with Gasteiger partial charge in [-0.05, 0) is 12.8 Å². The summed E-state index contributed by atoms with van der Waals surface area (Å²) in [7, 11) is 0. The highest BCUT2D eigenvalue weighted by molar-refractivity contribution is 6.10. The second kappa shape index (κ2) is 10.3. The molecule has 2 aliphatic heterocycles. The first-order valence-electron chi connectivity index (χ1n) is 8.39. The van der Waals surface area contributed by atoms with E-state index in [1.165, 1.54) is 0 Å². The summed E-state index contributed by atoms with van der Waals surface area (Å²) in [6.07, 6.45) is 3.60. The van der Waals surface area contributed by atoms with Gasteiger partial charge in [0.25, 0.3) is 0 Å². The SMILES string of the molecule is O=C(O)CCCCCCC(=O)O.O=C1CCC(=O)N1N1C(=O)CCC1=O. The first kappa shape index (κ1) is 21.3. The summed E-state index contributed by atoms with van der Waals surface area (Å²) in [5, 5.41) is 17.9. The van der Waals surface area contributed by atoms with E-state index in [0.717, 1.165) is 12.8 Å². The molecule has 2 aliphatic rings. The van der Waals surface area contributed by atoms with Crippen molar-refractivity contribution in [2.24, 2.45) is 0 Å². The van der Waals surface area contributed by atoms with E-state index in [9.17, 15) is 28.8 Å². The summed E-state index contributed by atoms with van der Waals surface area (Å²) in [5.74, 6) is -3.46. The molecular formula is C16H22N2O8. The number of amides is 4. The van der Waals surface area contributed by atoms with Gasteiger partial charge in [-0.1, -0.05) is 12.8 Å². The van der Waals surface area contributed by atoms with Gasteiger partial charge < -0.3 is 10.2 Å². The smallest absolute Gasteiger partial charge is 0.303 e. The molecule has 2 N–H and O–H groups in total. The quantitative estimate of drug-likeness (QED) is 0.468. The second-order valence-electron chi connectivity index (χ2n) is 5.90. The average Bonchev–Trinajstić information content (AvgIpc) is 3.05. The zero-order chi connectivity index (χ0) is 19.7. The van der Waals surface area contributed by atoms with Crippen LogP contribution < -0.4 is 0 Å². The van der Waals surface area contributed by atoms with Crippen LogP contribution >= 0.6 is 0 Å². The minimum absolute atomic E-state index is 0.0793. The lowest BCUT2D eigenvalue weighted by Crippen LogP contribution is -2.48. The molecule has 0 unspecified atom stereocenters. The lowest BCUT2D eigenvalue weighted by molar-refractivity contribution is -0.171. The molecule has 0 radical (unpaired) electrons. The van der Waals surface area contributed by atoms with Crippen LogP contribution in [0.1, 0.15) is 64.2 Å². The van der Waals surface area contributed by atoms with Gasteiger partial charge in [0.05, 0.1) is 0 Å². The molecule has 4 amide bonds. The Kier molecular flexibility index (Phi) is 8.40. The maximum absolute atomic E-state index is 11.2. The molecule has 0 aromatic rings. The van der Waals surface area contributed by atoms with E-state index in [2.05, 4.69) is 0 Å². The van der Waals surface area contributed by atoms with Gasteiger partial charge in [-0.2, -0.15) is 10.0 Å². The Hall–Kier alpha value is -2.78. The largest absolute Gasteiger partial charge is 0.481 e. The van der Waals surface area contributed by atoms with Crippen molar-refractivity contribution in [3.63, 3.8) is 0 Å². The molecule has 0 aromatic carbocycles. The van der Waals surface area contributed by atoms with Crippen molar-refractivity contribution >= 4 is 35.6 Å². The van der Waals surface area contributed by atoms with Gasteiger partial charge in [0.1, 0.15) is 0 Å². The maximum atomic E-state index is 11.2. The Balaban J connectivity index is 0.000000265. The second-order valence-corrected chi connectivity index (χ2v) is 5.90. The van der Waals surface area contributed by atoms with E-state index < -0.39 is 35.6 Å². The highest BCUT2D eigenvalue weighted by Crippen LogP contribution is 2.21. The number of aliphatic carboxylic acids is 2. The molecule has 0 aromatic heterocycles. The van der Waals surface area contributed by atoms with Gasteiger partial charge in [0.15, 0.2) is 0 Å². The van der Waals surface area contributed by atoms with Crippen molar-refractivity contribution in [3.05, 3.63) is 0 Å². The molecule has 2 rings (SSSR count). The molecule has 0 spiro atoms. The van der Waals surface area contributed by atoms with Crippen LogP contribution in [0, 0.1) is 0 Å². The number of nitrogens with zero attached hydrogens (tertiary/aromatic N) is 2. The lowest BCUT2D eigenvalue weighted by Gasteiger charge is -2.22. The Morgan fingerprint density at radius 2 is 0.885 bits per heavy atom. The van der Waals surface area contributed by atoms with Crippen LogP contribution in [-0.4, -0.2) is 55.8 Å². The fourth-order valence-corrected chi connectivity index (χ4v) is 2.48. The molecule has 0 bridgehead atoms. The van der Waals surface area contributed by atoms with E-state index in [-0.39, 0.29) is 38.5 Å². The summed E-state index contributed by atoms with van der Waals surface area (Å²) in [5.41, 5.74) is 0. The molecular weight excluding hydrogens is 348 g/mol. The number of carboxylic acid groups (broad SMARTS) is 2. The van der Waals surface area contributed by atoms with Crippen molar-refractivity contribution in [3.8, 4) is 0 Å². The fraction of sp³-hybridized carbons (Fsp3) is 0.625. The average molecular weight is 370 g/mol. The number of unbranched alkanes of at least 4 members (excludes halogenated alkanes) is 3. The zero-order valence-corrected chi connectivity index (χ0v) is 14.3. The summed E-state index contributed by atoms with van der Waals surface area (Å²) >= 11 is 0. The van der Waals surface area contributed by atoms with E-state index in [1.807, 2.05) is 0 Å². The van der Waals surface area contributed by atoms with E-state index >= 15 is 0 Å². The molecule has 144 valence electrons. The van der Waals surface area contributed by atoms with Crippen LogP contribution in [-0.2, 0) is 28.8 Å². The fourth-order valence-electron chi connectivity index (χ4n) is 2.48. The Morgan fingerprint density at radius 1 is 0.615 bits per heavy atom. The van der Waals surface area contributed by atoms with E-state index in [1.54, 1.807) is 0 Å². The highest BCUT2D eigenvalue weighted by Gasteiger charge is 2.42. The van der Waals surface area contributed by atoms with Crippen molar-refractivity contribution < 1.29 is 39.0 Å². The van der Waals surface area contributed by atoms with Gasteiger partial charge in [0.2, 0.25) is 23.6 Å². The molecule has 26 heavy (non-hydrogen) atoms. The lowest BCUT2D eigenvalue weighted by atomic mass is 10.1. The van der Waals surface area contributed by atoms with Crippen molar-refractivity contribution in [1.82, 2.24) is 10.0 Å². The maximum Gasteiger partial charge on any atom is 0.303 e. The number of imide groups is 2. The number of hydrogen-bond donors (Lipinski definition) is 2. The standard InChI is InChI=1S/C8H8N2O4.C8H14O4/c11-5-1-2-6(12)9(5)10-7(13)3-4-8(10)14;9-7(10)5-3-1-2-4-6-8(11)12/h1-4H2;1-6H2,(H,9,10)(H,11,12). The number of carbonyl (C=O) groups excluding carboxylic acids is 4. The summed E-state index contributed by atoms with van der Waals surface area (Å²) in [6.45, 7) is 0. The third kappa shape index (κ3) is 6.61. The Morgan fingerprint density at radius 3 is 1.12 bits per heavy atom. The third-order valence-corrected chi connectivity index (χ3v) is 3.78. The molecule has 2 saturated heterocycles. The number of hydrogen-bond acceptors (Lipinski definition) is 6. The predicted molar refractivity (Wildman–Crippen MR) is 85.1 cm³/mol. The normalized spacial score (nSPS) is 16.8. The van der Waals surface area contributed by atoms with Crippen LogP contribution in [0.4, 0.5) is 0 Å². The topological polar surface area (TPSA) is 149 Å². The Bertz CT molecular complexity index is 517. The molecule has 0 saturated carbocycles. The first-order chi connectivity index (χ1) is 12.2. The van der Waals surface area contributed by atoms with Gasteiger partial charge >= 0.3 is 11.9 Å². The third-order valence-electron chi connectivity index (χ3n) is 3.78. The minimum atomic E-state index is -0.784. The van der Waals surface area contributed by atoms with E-state index in [4.69, 9.17) is 10.2 Å². The van der Waals surface area contributed by atoms with Crippen molar-refractivity contribution in [1.29, 1.82) is 0 Å². The van der Waals surface area contributed by atoms with Gasteiger partial charge in [-0.3, -0.25) is 28.8 Å². The van der Waals surface area contributed by atoms with Gasteiger partial charge in [-0.15, -0.1) is 0 Å². The van der Waals surface area contributed by atoms with Gasteiger partial charge in [-0.25, -0.2) is 0 Å². The minimum Gasteiger partial charge on any atom is -0.481 e. The Labute approximate surface area is 149 Å². The number of hydrazine groups is 1. The van der Waals surface area contributed by atoms with Crippen molar-refractivity contribution in [2.45, 2.75) is 64.2 Å². The predicted octanol–water partition coefficient (Wildman–Crippen LogP) is 0.696. The number of rotatable bonds is 8. The molecule has 2 heterocycles. The van der Waals surface area contributed by atoms with Crippen LogP contribution in [0.2, 0.25) is 0 Å². The molecule has 0 atom stereocenters. The molecule has 10 heteroatoms.